The molecule has 0 saturated carbocycles. The quantitative estimate of drug-likeness (QED) is 0.540. The number of fused-ring (bicyclic) bond motifs is 1. The van der Waals surface area contributed by atoms with E-state index in [-0.39, 0.29) is 0 Å². The third-order valence-corrected chi connectivity index (χ3v) is 4.69. The number of hydrogen-bond donors (Lipinski definition) is 1. The molecule has 0 aliphatic rings. The van der Waals surface area contributed by atoms with Gasteiger partial charge in [0.1, 0.15) is 5.82 Å². The van der Waals surface area contributed by atoms with Gasteiger partial charge in [-0.2, -0.15) is 0 Å². The summed E-state index contributed by atoms with van der Waals surface area (Å²) < 4.78 is 2.14. The first-order chi connectivity index (χ1) is 12.7. The van der Waals surface area contributed by atoms with Crippen molar-refractivity contribution in [3.63, 3.8) is 0 Å². The van der Waals surface area contributed by atoms with Crippen LogP contribution in [0.25, 0.3) is 10.9 Å². The van der Waals surface area contributed by atoms with Gasteiger partial charge in [0.05, 0.1) is 5.52 Å². The SMILES string of the molecule is Cc1nccn1Cc1cccc(CNc2ccnc3ccc(Cl)cc23)c1. The zero-order valence-electron chi connectivity index (χ0n) is 14.5. The first-order valence-electron chi connectivity index (χ1n) is 8.53. The van der Waals surface area contributed by atoms with E-state index >= 15 is 0 Å². The molecular formula is C21H19ClN4. The van der Waals surface area contributed by atoms with Gasteiger partial charge in [0, 0.05) is 47.8 Å². The summed E-state index contributed by atoms with van der Waals surface area (Å²) in [5, 5.41) is 5.26. The Hall–Kier alpha value is -2.85. The van der Waals surface area contributed by atoms with Crippen LogP contribution in [0, 0.1) is 6.92 Å². The lowest BCUT2D eigenvalue weighted by atomic mass is 10.1. The molecule has 0 radical (unpaired) electrons. The number of halogens is 1. The van der Waals surface area contributed by atoms with E-state index in [4.69, 9.17) is 11.6 Å². The van der Waals surface area contributed by atoms with Crippen LogP contribution in [0.4, 0.5) is 5.69 Å². The van der Waals surface area contributed by atoms with Crippen molar-refractivity contribution in [3.05, 3.63) is 89.1 Å². The summed E-state index contributed by atoms with van der Waals surface area (Å²) in [6, 6.07) is 16.3. The van der Waals surface area contributed by atoms with Crippen molar-refractivity contribution in [1.29, 1.82) is 0 Å². The van der Waals surface area contributed by atoms with Crippen LogP contribution in [0.2, 0.25) is 5.02 Å². The molecule has 0 fully saturated rings. The van der Waals surface area contributed by atoms with Crippen molar-refractivity contribution in [2.24, 2.45) is 0 Å². The van der Waals surface area contributed by atoms with Crippen molar-refractivity contribution in [3.8, 4) is 0 Å². The number of aryl methyl sites for hydroxylation is 1. The summed E-state index contributed by atoms with van der Waals surface area (Å²) in [6.45, 7) is 3.58. The van der Waals surface area contributed by atoms with Crippen LogP contribution >= 0.6 is 11.6 Å². The number of benzene rings is 2. The minimum absolute atomic E-state index is 0.714. The van der Waals surface area contributed by atoms with E-state index in [1.165, 1.54) is 11.1 Å². The Morgan fingerprint density at radius 2 is 1.88 bits per heavy atom. The highest BCUT2D eigenvalue weighted by Gasteiger charge is 2.04. The molecule has 2 aromatic carbocycles. The molecule has 26 heavy (non-hydrogen) atoms. The molecule has 0 aliphatic carbocycles. The smallest absolute Gasteiger partial charge is 0.105 e. The molecule has 2 aromatic heterocycles. The second-order valence-corrected chi connectivity index (χ2v) is 6.73. The number of hydrogen-bond acceptors (Lipinski definition) is 3. The summed E-state index contributed by atoms with van der Waals surface area (Å²) in [5.41, 5.74) is 4.46. The van der Waals surface area contributed by atoms with Crippen LogP contribution < -0.4 is 5.32 Å². The molecule has 4 rings (SSSR count). The Bertz CT molecular complexity index is 1050. The Kier molecular flexibility index (Phi) is 4.59. The molecule has 0 unspecified atom stereocenters. The highest BCUT2D eigenvalue weighted by Crippen LogP contribution is 2.25. The van der Waals surface area contributed by atoms with Gasteiger partial charge in [-0.3, -0.25) is 4.98 Å². The van der Waals surface area contributed by atoms with Gasteiger partial charge in [-0.15, -0.1) is 0 Å². The first kappa shape index (κ1) is 16.6. The number of anilines is 1. The fourth-order valence-corrected chi connectivity index (χ4v) is 3.25. The molecular weight excluding hydrogens is 344 g/mol. The number of nitrogens with one attached hydrogen (secondary N) is 1. The average Bonchev–Trinajstić information content (AvgIpc) is 3.05. The predicted octanol–water partition coefficient (Wildman–Crippen LogP) is 5.05. The highest BCUT2D eigenvalue weighted by molar-refractivity contribution is 6.31. The largest absolute Gasteiger partial charge is 0.380 e. The molecule has 0 aliphatic heterocycles. The average molecular weight is 363 g/mol. The molecule has 4 nitrogen and oxygen atoms in total. The molecule has 1 N–H and O–H groups in total. The molecule has 0 saturated heterocycles. The Labute approximate surface area is 157 Å². The maximum absolute atomic E-state index is 6.15. The third-order valence-electron chi connectivity index (χ3n) is 4.45. The molecule has 0 spiro atoms. The van der Waals surface area contributed by atoms with Gasteiger partial charge in [0.25, 0.3) is 0 Å². The Balaban J connectivity index is 1.53. The normalized spacial score (nSPS) is 11.0. The predicted molar refractivity (Wildman–Crippen MR) is 107 cm³/mol. The zero-order chi connectivity index (χ0) is 17.9. The van der Waals surface area contributed by atoms with E-state index in [1.54, 1.807) is 0 Å². The van der Waals surface area contributed by atoms with Crippen molar-refractivity contribution >= 4 is 28.2 Å². The van der Waals surface area contributed by atoms with E-state index in [1.807, 2.05) is 49.8 Å². The van der Waals surface area contributed by atoms with Gasteiger partial charge >= 0.3 is 0 Å². The van der Waals surface area contributed by atoms with E-state index in [0.717, 1.165) is 35.5 Å². The fraction of sp³-hybridized carbons (Fsp3) is 0.143. The van der Waals surface area contributed by atoms with Crippen LogP contribution in [-0.4, -0.2) is 14.5 Å². The van der Waals surface area contributed by atoms with Crippen molar-refractivity contribution < 1.29 is 0 Å². The Morgan fingerprint density at radius 3 is 2.73 bits per heavy atom. The summed E-state index contributed by atoms with van der Waals surface area (Å²) in [4.78, 5) is 8.68. The molecule has 130 valence electrons. The van der Waals surface area contributed by atoms with Crippen LogP contribution in [0.3, 0.4) is 0 Å². The van der Waals surface area contributed by atoms with Crippen molar-refractivity contribution in [1.82, 2.24) is 14.5 Å². The van der Waals surface area contributed by atoms with Crippen LogP contribution in [-0.2, 0) is 13.1 Å². The molecule has 0 amide bonds. The lowest BCUT2D eigenvalue weighted by molar-refractivity contribution is 0.760. The second kappa shape index (κ2) is 7.18. The molecule has 0 bridgehead atoms. The maximum Gasteiger partial charge on any atom is 0.105 e. The number of pyridine rings is 1. The second-order valence-electron chi connectivity index (χ2n) is 6.30. The molecule has 2 heterocycles. The standard InChI is InChI=1S/C21H19ClN4/c1-15-23-9-10-26(15)14-17-4-2-3-16(11-17)13-25-21-7-8-24-20-6-5-18(22)12-19(20)21/h2-12H,13-14H2,1H3,(H,24,25). The summed E-state index contributed by atoms with van der Waals surface area (Å²) in [5.74, 6) is 1.02. The van der Waals surface area contributed by atoms with E-state index < -0.39 is 0 Å². The van der Waals surface area contributed by atoms with Gasteiger partial charge in [0.2, 0.25) is 0 Å². The van der Waals surface area contributed by atoms with Crippen LogP contribution in [0.1, 0.15) is 17.0 Å². The molecule has 4 aromatic rings. The minimum atomic E-state index is 0.714. The topological polar surface area (TPSA) is 42.7 Å². The van der Waals surface area contributed by atoms with E-state index in [2.05, 4.69) is 44.1 Å². The number of nitrogens with zero attached hydrogens (tertiary/aromatic N) is 3. The fourth-order valence-electron chi connectivity index (χ4n) is 3.08. The monoisotopic (exact) mass is 362 g/mol. The van der Waals surface area contributed by atoms with Crippen LogP contribution in [0.15, 0.2) is 67.1 Å². The van der Waals surface area contributed by atoms with E-state index in [9.17, 15) is 0 Å². The van der Waals surface area contributed by atoms with Gasteiger partial charge in [-0.05, 0) is 42.3 Å². The lowest BCUT2D eigenvalue weighted by Crippen LogP contribution is -2.04. The summed E-state index contributed by atoms with van der Waals surface area (Å²) >= 11 is 6.15. The molecule has 5 heteroatoms. The molecule has 0 atom stereocenters. The van der Waals surface area contributed by atoms with Crippen LogP contribution in [0.5, 0.6) is 0 Å². The van der Waals surface area contributed by atoms with Gasteiger partial charge in [-0.1, -0.05) is 35.9 Å². The van der Waals surface area contributed by atoms with Crippen molar-refractivity contribution in [2.75, 3.05) is 5.32 Å². The van der Waals surface area contributed by atoms with E-state index in [0.29, 0.717) is 5.02 Å². The highest BCUT2D eigenvalue weighted by atomic mass is 35.5. The third kappa shape index (κ3) is 3.55. The van der Waals surface area contributed by atoms with Crippen molar-refractivity contribution in [2.45, 2.75) is 20.0 Å². The number of aromatic nitrogens is 3. The van der Waals surface area contributed by atoms with Gasteiger partial charge in [0.15, 0.2) is 0 Å². The lowest BCUT2D eigenvalue weighted by Gasteiger charge is -2.11. The minimum Gasteiger partial charge on any atom is -0.380 e. The Morgan fingerprint density at radius 1 is 1.00 bits per heavy atom. The summed E-state index contributed by atoms with van der Waals surface area (Å²) in [7, 11) is 0. The first-order valence-corrected chi connectivity index (χ1v) is 8.90. The number of imidazole rings is 1. The van der Waals surface area contributed by atoms with Gasteiger partial charge < -0.3 is 9.88 Å². The zero-order valence-corrected chi connectivity index (χ0v) is 15.2. The summed E-state index contributed by atoms with van der Waals surface area (Å²) in [6.07, 6.45) is 5.66. The van der Waals surface area contributed by atoms with Gasteiger partial charge in [-0.25, -0.2) is 4.98 Å². The number of rotatable bonds is 5. The maximum atomic E-state index is 6.15.